The Kier molecular flexibility index (Phi) is 4.25. The smallest absolute Gasteiger partial charge is 0.259 e. The Morgan fingerprint density at radius 1 is 1.24 bits per heavy atom. The number of alkyl halides is 1. The summed E-state index contributed by atoms with van der Waals surface area (Å²) < 4.78 is 20.1. The third-order valence-electron chi connectivity index (χ3n) is 5.59. The number of hydrogen-bond donors (Lipinski definition) is 2. The summed E-state index contributed by atoms with van der Waals surface area (Å²) in [5.41, 5.74) is 3.77. The Bertz CT molecular complexity index is 1490. The lowest BCUT2D eigenvalue weighted by Crippen LogP contribution is -2.12. The summed E-state index contributed by atoms with van der Waals surface area (Å²) in [5.74, 6) is 0.414. The quantitative estimate of drug-likeness (QED) is 0.421. The molecule has 33 heavy (non-hydrogen) atoms. The highest BCUT2D eigenvalue weighted by atomic mass is 19.1. The predicted octanol–water partition coefficient (Wildman–Crippen LogP) is 2.95. The fourth-order valence-electron chi connectivity index (χ4n) is 3.59. The average molecular weight is 445 g/mol. The standard InChI is InChI=1S/C21H16FN9O2/c1-10-2-3-11(18-25-21(33-28-18)13-8-15(13)22)6-16(10)24-20(32)14-9-23-31-5-4-12(7-17(14)31)19-26-29-30-27-19/h2-7,9,13,15H,8H2,1H3,(H,24,32)(H,26,27,29,30)/t13-,15-/m0/s1. The summed E-state index contributed by atoms with van der Waals surface area (Å²) in [5, 5.41) is 25.1. The number of H-pyrrole nitrogens is 1. The summed E-state index contributed by atoms with van der Waals surface area (Å²) in [7, 11) is 0. The minimum absolute atomic E-state index is 0.299. The number of pyridine rings is 1. The van der Waals surface area contributed by atoms with Gasteiger partial charge in [0, 0.05) is 23.0 Å². The summed E-state index contributed by atoms with van der Waals surface area (Å²) in [4.78, 5) is 17.4. The molecule has 4 aromatic heterocycles. The minimum atomic E-state index is -0.919. The maximum Gasteiger partial charge on any atom is 0.259 e. The number of amides is 1. The molecule has 2 N–H and O–H groups in total. The van der Waals surface area contributed by atoms with E-state index in [1.54, 1.807) is 28.9 Å². The van der Waals surface area contributed by atoms with Crippen molar-refractivity contribution < 1.29 is 13.7 Å². The van der Waals surface area contributed by atoms with Crippen molar-refractivity contribution in [3.8, 4) is 22.8 Å². The van der Waals surface area contributed by atoms with E-state index in [1.807, 2.05) is 19.1 Å². The molecule has 1 saturated carbocycles. The Balaban J connectivity index is 1.29. The molecule has 0 spiro atoms. The average Bonchev–Trinajstić information content (AvgIpc) is 3.29. The van der Waals surface area contributed by atoms with E-state index in [9.17, 15) is 9.18 Å². The van der Waals surface area contributed by atoms with Crippen molar-refractivity contribution >= 4 is 17.1 Å². The van der Waals surface area contributed by atoms with Crippen molar-refractivity contribution in [1.29, 1.82) is 0 Å². The van der Waals surface area contributed by atoms with Crippen molar-refractivity contribution in [2.24, 2.45) is 0 Å². The number of fused-ring (bicyclic) bond motifs is 1. The van der Waals surface area contributed by atoms with Crippen molar-refractivity contribution in [1.82, 2.24) is 40.4 Å². The lowest BCUT2D eigenvalue weighted by Gasteiger charge is -2.09. The van der Waals surface area contributed by atoms with E-state index < -0.39 is 6.17 Å². The largest absolute Gasteiger partial charge is 0.339 e. The van der Waals surface area contributed by atoms with E-state index in [4.69, 9.17) is 4.52 Å². The van der Waals surface area contributed by atoms with Gasteiger partial charge in [-0.15, -0.1) is 10.2 Å². The zero-order valence-corrected chi connectivity index (χ0v) is 17.2. The van der Waals surface area contributed by atoms with Gasteiger partial charge >= 0.3 is 0 Å². The number of aromatic nitrogens is 8. The molecular formula is C21H16FN9O2. The number of benzene rings is 1. The van der Waals surface area contributed by atoms with Gasteiger partial charge in [0.1, 0.15) is 6.17 Å². The molecule has 1 aliphatic rings. The molecule has 0 saturated heterocycles. The van der Waals surface area contributed by atoms with Gasteiger partial charge in [0.05, 0.1) is 23.2 Å². The van der Waals surface area contributed by atoms with Crippen LogP contribution in [0.5, 0.6) is 0 Å². The Hall–Kier alpha value is -4.48. The number of nitrogens with zero attached hydrogens (tertiary/aromatic N) is 7. The Morgan fingerprint density at radius 3 is 2.88 bits per heavy atom. The second-order valence-electron chi connectivity index (χ2n) is 7.84. The number of aromatic amines is 1. The molecule has 2 atom stereocenters. The van der Waals surface area contributed by atoms with E-state index in [1.165, 1.54) is 6.20 Å². The highest BCUT2D eigenvalue weighted by Crippen LogP contribution is 2.43. The molecule has 0 radical (unpaired) electrons. The SMILES string of the molecule is Cc1ccc(-c2noc([C@H]3C[C@@H]3F)n2)cc1NC(=O)c1cnn2ccc(-c3nn[nH]n3)cc12. The number of anilines is 1. The summed E-state index contributed by atoms with van der Waals surface area (Å²) in [6.07, 6.45) is 2.71. The van der Waals surface area contributed by atoms with Gasteiger partial charge in [-0.3, -0.25) is 4.79 Å². The maximum absolute atomic E-state index is 13.3. The molecule has 6 rings (SSSR count). The number of rotatable bonds is 5. The first kappa shape index (κ1) is 19.2. The van der Waals surface area contributed by atoms with Crippen LogP contribution < -0.4 is 5.32 Å². The zero-order chi connectivity index (χ0) is 22.5. The van der Waals surface area contributed by atoms with E-state index in [-0.39, 0.29) is 11.8 Å². The number of aryl methyl sites for hydroxylation is 1. The molecule has 164 valence electrons. The van der Waals surface area contributed by atoms with Crippen molar-refractivity contribution in [2.75, 3.05) is 5.32 Å². The zero-order valence-electron chi connectivity index (χ0n) is 17.2. The molecule has 5 aromatic rings. The normalized spacial score (nSPS) is 17.4. The molecule has 0 aliphatic heterocycles. The molecular weight excluding hydrogens is 429 g/mol. The Labute approximate surface area is 185 Å². The maximum atomic E-state index is 13.3. The van der Waals surface area contributed by atoms with Gasteiger partial charge in [0.2, 0.25) is 17.5 Å². The lowest BCUT2D eigenvalue weighted by molar-refractivity contribution is 0.102. The van der Waals surface area contributed by atoms with Crippen molar-refractivity contribution in [3.05, 3.63) is 59.7 Å². The minimum Gasteiger partial charge on any atom is -0.339 e. The van der Waals surface area contributed by atoms with Crippen LogP contribution in [0.15, 0.2) is 47.2 Å². The fourth-order valence-corrected chi connectivity index (χ4v) is 3.59. The molecule has 1 aliphatic carbocycles. The van der Waals surface area contributed by atoms with Gasteiger partial charge in [-0.1, -0.05) is 17.3 Å². The van der Waals surface area contributed by atoms with Crippen molar-refractivity contribution in [3.63, 3.8) is 0 Å². The molecule has 1 amide bonds. The van der Waals surface area contributed by atoms with Gasteiger partial charge in [0.15, 0.2) is 0 Å². The topological polar surface area (TPSA) is 140 Å². The van der Waals surface area contributed by atoms with Gasteiger partial charge in [-0.05, 0) is 42.3 Å². The highest BCUT2D eigenvalue weighted by molar-refractivity contribution is 6.09. The predicted molar refractivity (Wildman–Crippen MR) is 113 cm³/mol. The van der Waals surface area contributed by atoms with Crippen LogP contribution in [-0.4, -0.2) is 52.5 Å². The second-order valence-corrected chi connectivity index (χ2v) is 7.84. The number of nitrogens with one attached hydrogen (secondary N) is 2. The van der Waals surface area contributed by atoms with Crippen LogP contribution in [0.2, 0.25) is 0 Å². The van der Waals surface area contributed by atoms with Crippen LogP contribution in [0.25, 0.3) is 28.3 Å². The molecule has 11 nitrogen and oxygen atoms in total. The van der Waals surface area contributed by atoms with E-state index in [0.29, 0.717) is 51.9 Å². The van der Waals surface area contributed by atoms with Crippen LogP contribution >= 0.6 is 0 Å². The van der Waals surface area contributed by atoms with Crippen LogP contribution in [-0.2, 0) is 0 Å². The Morgan fingerprint density at radius 2 is 2.09 bits per heavy atom. The molecule has 1 fully saturated rings. The molecule has 12 heteroatoms. The first-order chi connectivity index (χ1) is 16.1. The van der Waals surface area contributed by atoms with Crippen LogP contribution in [0.4, 0.5) is 10.1 Å². The lowest BCUT2D eigenvalue weighted by atomic mass is 10.1. The molecule has 4 heterocycles. The second kappa shape index (κ2) is 7.29. The summed E-state index contributed by atoms with van der Waals surface area (Å²) in [6, 6.07) is 8.99. The van der Waals surface area contributed by atoms with Gasteiger partial charge in [-0.25, -0.2) is 8.91 Å². The molecule has 1 aromatic carbocycles. The van der Waals surface area contributed by atoms with E-state index in [0.717, 1.165) is 5.56 Å². The number of carbonyl (C=O) groups is 1. The van der Waals surface area contributed by atoms with Crippen LogP contribution in [0.1, 0.15) is 34.2 Å². The summed E-state index contributed by atoms with van der Waals surface area (Å²) >= 11 is 0. The van der Waals surface area contributed by atoms with E-state index in [2.05, 4.69) is 41.2 Å². The number of carbonyl (C=O) groups excluding carboxylic acids is 1. The highest BCUT2D eigenvalue weighted by Gasteiger charge is 2.43. The van der Waals surface area contributed by atoms with E-state index >= 15 is 0 Å². The number of tetrazole rings is 1. The third-order valence-corrected chi connectivity index (χ3v) is 5.59. The monoisotopic (exact) mass is 445 g/mol. The number of hydrogen-bond acceptors (Lipinski definition) is 8. The van der Waals surface area contributed by atoms with Gasteiger partial charge < -0.3 is 9.84 Å². The van der Waals surface area contributed by atoms with Gasteiger partial charge in [0.25, 0.3) is 5.91 Å². The fraction of sp³-hybridized carbons (Fsp3) is 0.190. The number of halogens is 1. The molecule has 0 bridgehead atoms. The third kappa shape index (κ3) is 3.41. The van der Waals surface area contributed by atoms with Crippen molar-refractivity contribution in [2.45, 2.75) is 25.4 Å². The molecule has 0 unspecified atom stereocenters. The van der Waals surface area contributed by atoms with Gasteiger partial charge in [-0.2, -0.15) is 15.3 Å². The first-order valence-corrected chi connectivity index (χ1v) is 10.2. The first-order valence-electron chi connectivity index (χ1n) is 10.2. The van der Waals surface area contributed by atoms with Crippen LogP contribution in [0, 0.1) is 6.92 Å². The summed E-state index contributed by atoms with van der Waals surface area (Å²) in [6.45, 7) is 1.88. The van der Waals surface area contributed by atoms with Crippen LogP contribution in [0.3, 0.4) is 0 Å².